The van der Waals surface area contributed by atoms with Crippen molar-refractivity contribution in [1.82, 2.24) is 5.32 Å². The molecule has 1 aliphatic heterocycles. The van der Waals surface area contributed by atoms with Crippen LogP contribution in [-0.4, -0.2) is 24.2 Å². The van der Waals surface area contributed by atoms with Gasteiger partial charge in [-0.15, -0.1) is 0 Å². The van der Waals surface area contributed by atoms with Gasteiger partial charge in [-0.3, -0.25) is 4.79 Å². The van der Waals surface area contributed by atoms with Crippen LogP contribution in [0.15, 0.2) is 72.8 Å². The monoisotopic (exact) mass is 469 g/mol. The summed E-state index contributed by atoms with van der Waals surface area (Å²) in [5.41, 5.74) is 1.14. The minimum atomic E-state index is -1.16. The van der Waals surface area contributed by atoms with Crippen molar-refractivity contribution in [3.05, 3.63) is 94.0 Å². The molecule has 1 heterocycles. The molecule has 1 aliphatic rings. The van der Waals surface area contributed by atoms with Crippen LogP contribution in [0.2, 0.25) is 10.0 Å². The Kier molecular flexibility index (Phi) is 6.63. The molecule has 4 nitrogen and oxygen atoms in total. The van der Waals surface area contributed by atoms with Crippen molar-refractivity contribution < 1.29 is 14.3 Å². The fourth-order valence-electron chi connectivity index (χ4n) is 3.90. The highest BCUT2D eigenvalue weighted by atomic mass is 35.5. The molecule has 0 aliphatic carbocycles. The molecular weight excluding hydrogens is 445 g/mol. The molecule has 166 valence electrons. The lowest BCUT2D eigenvalue weighted by atomic mass is 9.86. The Morgan fingerprint density at radius 3 is 2.41 bits per heavy atom. The zero-order valence-corrected chi connectivity index (χ0v) is 19.5. The van der Waals surface area contributed by atoms with E-state index in [1.165, 1.54) is 0 Å². The quantitative estimate of drug-likeness (QED) is 0.477. The third-order valence-electron chi connectivity index (χ3n) is 5.78. The fourth-order valence-corrected chi connectivity index (χ4v) is 4.19. The Labute approximate surface area is 198 Å². The lowest BCUT2D eigenvalue weighted by Gasteiger charge is -2.36. The summed E-state index contributed by atoms with van der Waals surface area (Å²) in [5.74, 6) is 0.885. The molecule has 3 atom stereocenters. The maximum Gasteiger partial charge on any atom is 0.267 e. The van der Waals surface area contributed by atoms with Gasteiger partial charge in [0.05, 0.1) is 0 Å². The number of carbonyl (C=O) groups is 1. The first-order chi connectivity index (χ1) is 15.3. The van der Waals surface area contributed by atoms with E-state index in [0.717, 1.165) is 17.5 Å². The summed E-state index contributed by atoms with van der Waals surface area (Å²) in [5, 5.41) is 4.39. The molecule has 1 unspecified atom stereocenters. The maximum absolute atomic E-state index is 13.3. The number of hydrogen-bond acceptors (Lipinski definition) is 3. The first kappa shape index (κ1) is 22.5. The molecule has 0 saturated heterocycles. The molecular formula is C26H25Cl2NO3. The SMILES string of the molecule is C[C@H](NC(=O)C1(C)COc2ccc(Cl)cc2O1)[C@@H](Cc1ccc(Cl)cc1)c1ccccc1. The van der Waals surface area contributed by atoms with Gasteiger partial charge in [0.1, 0.15) is 6.61 Å². The summed E-state index contributed by atoms with van der Waals surface area (Å²) in [6.45, 7) is 3.87. The van der Waals surface area contributed by atoms with Crippen LogP contribution in [0, 0.1) is 0 Å². The standard InChI is InChI=1S/C26H25Cl2NO3/c1-17(22(19-6-4-3-5-7-19)14-18-8-10-20(27)11-9-18)29-25(30)26(2)16-31-23-13-12-21(28)15-24(23)32-26/h3-13,15,17,22H,14,16H2,1-2H3,(H,29,30)/t17-,22+,26?/m0/s1. The second-order valence-electron chi connectivity index (χ2n) is 8.32. The largest absolute Gasteiger partial charge is 0.485 e. The van der Waals surface area contributed by atoms with Crippen molar-refractivity contribution in [1.29, 1.82) is 0 Å². The van der Waals surface area contributed by atoms with Crippen molar-refractivity contribution in [3.8, 4) is 11.5 Å². The average molecular weight is 470 g/mol. The molecule has 1 amide bonds. The summed E-state index contributed by atoms with van der Waals surface area (Å²) in [6.07, 6.45) is 0.759. The van der Waals surface area contributed by atoms with Crippen LogP contribution in [0.4, 0.5) is 0 Å². The lowest BCUT2D eigenvalue weighted by Crippen LogP contribution is -2.57. The van der Waals surface area contributed by atoms with E-state index in [1.54, 1.807) is 25.1 Å². The van der Waals surface area contributed by atoms with Crippen LogP contribution in [0.25, 0.3) is 0 Å². The van der Waals surface area contributed by atoms with E-state index in [0.29, 0.717) is 21.5 Å². The molecule has 0 radical (unpaired) electrons. The summed E-state index contributed by atoms with van der Waals surface area (Å²) >= 11 is 12.1. The predicted molar refractivity (Wildman–Crippen MR) is 128 cm³/mol. The van der Waals surface area contributed by atoms with Gasteiger partial charge < -0.3 is 14.8 Å². The van der Waals surface area contributed by atoms with Gasteiger partial charge in [-0.25, -0.2) is 0 Å². The van der Waals surface area contributed by atoms with Crippen molar-refractivity contribution in [2.45, 2.75) is 37.8 Å². The van der Waals surface area contributed by atoms with Crippen molar-refractivity contribution in [2.75, 3.05) is 6.61 Å². The highest BCUT2D eigenvalue weighted by molar-refractivity contribution is 6.31. The normalized spacial score (nSPS) is 19.1. The first-order valence-corrected chi connectivity index (χ1v) is 11.3. The van der Waals surface area contributed by atoms with Crippen LogP contribution in [0.3, 0.4) is 0 Å². The predicted octanol–water partition coefficient (Wildman–Crippen LogP) is 6.05. The molecule has 0 bridgehead atoms. The van der Waals surface area contributed by atoms with E-state index in [-0.39, 0.29) is 24.5 Å². The van der Waals surface area contributed by atoms with E-state index in [4.69, 9.17) is 32.7 Å². The Morgan fingerprint density at radius 1 is 1.00 bits per heavy atom. The van der Waals surface area contributed by atoms with E-state index in [2.05, 4.69) is 17.4 Å². The number of benzene rings is 3. The zero-order chi connectivity index (χ0) is 22.7. The molecule has 0 spiro atoms. The third-order valence-corrected chi connectivity index (χ3v) is 6.27. The number of fused-ring (bicyclic) bond motifs is 1. The van der Waals surface area contributed by atoms with Gasteiger partial charge in [0.2, 0.25) is 5.60 Å². The van der Waals surface area contributed by atoms with Gasteiger partial charge in [0.25, 0.3) is 5.91 Å². The first-order valence-electron chi connectivity index (χ1n) is 10.6. The summed E-state index contributed by atoms with van der Waals surface area (Å²) in [4.78, 5) is 13.3. The highest BCUT2D eigenvalue weighted by Crippen LogP contribution is 2.37. The number of ether oxygens (including phenoxy) is 2. The van der Waals surface area contributed by atoms with Crippen molar-refractivity contribution >= 4 is 29.1 Å². The zero-order valence-electron chi connectivity index (χ0n) is 18.0. The molecule has 0 saturated carbocycles. The van der Waals surface area contributed by atoms with E-state index in [1.807, 2.05) is 49.4 Å². The molecule has 32 heavy (non-hydrogen) atoms. The molecule has 0 aromatic heterocycles. The second-order valence-corrected chi connectivity index (χ2v) is 9.20. The van der Waals surface area contributed by atoms with Gasteiger partial charge >= 0.3 is 0 Å². The van der Waals surface area contributed by atoms with Crippen LogP contribution in [0.5, 0.6) is 11.5 Å². The topological polar surface area (TPSA) is 47.6 Å². The molecule has 4 rings (SSSR count). The summed E-state index contributed by atoms with van der Waals surface area (Å²) in [7, 11) is 0. The Hall–Kier alpha value is -2.69. The Bertz CT molecular complexity index is 1090. The average Bonchev–Trinajstić information content (AvgIpc) is 2.78. The number of rotatable bonds is 6. The van der Waals surface area contributed by atoms with Crippen LogP contribution >= 0.6 is 23.2 Å². The van der Waals surface area contributed by atoms with Gasteiger partial charge in [0, 0.05) is 28.1 Å². The molecule has 6 heteroatoms. The molecule has 0 fully saturated rings. The Balaban J connectivity index is 1.53. The summed E-state index contributed by atoms with van der Waals surface area (Å²) < 4.78 is 11.8. The van der Waals surface area contributed by atoms with E-state index in [9.17, 15) is 4.79 Å². The van der Waals surface area contributed by atoms with Crippen LogP contribution in [0.1, 0.15) is 30.9 Å². The second kappa shape index (κ2) is 9.43. The minimum absolute atomic E-state index is 0.0659. The molecule has 3 aromatic carbocycles. The number of nitrogens with one attached hydrogen (secondary N) is 1. The smallest absolute Gasteiger partial charge is 0.267 e. The minimum Gasteiger partial charge on any atom is -0.485 e. The molecule has 1 N–H and O–H groups in total. The summed E-state index contributed by atoms with van der Waals surface area (Å²) in [6, 6.07) is 23.0. The Morgan fingerprint density at radius 2 is 1.69 bits per heavy atom. The maximum atomic E-state index is 13.3. The number of halogens is 2. The molecule has 3 aromatic rings. The number of carbonyl (C=O) groups excluding carboxylic acids is 1. The lowest BCUT2D eigenvalue weighted by molar-refractivity contribution is -0.140. The van der Waals surface area contributed by atoms with E-state index >= 15 is 0 Å². The van der Waals surface area contributed by atoms with Gasteiger partial charge in [-0.05, 0) is 55.7 Å². The van der Waals surface area contributed by atoms with E-state index < -0.39 is 5.60 Å². The van der Waals surface area contributed by atoms with Crippen LogP contribution < -0.4 is 14.8 Å². The van der Waals surface area contributed by atoms with Crippen molar-refractivity contribution in [2.24, 2.45) is 0 Å². The van der Waals surface area contributed by atoms with Gasteiger partial charge in [-0.1, -0.05) is 65.7 Å². The van der Waals surface area contributed by atoms with Gasteiger partial charge in [-0.2, -0.15) is 0 Å². The number of hydrogen-bond donors (Lipinski definition) is 1. The van der Waals surface area contributed by atoms with Crippen LogP contribution in [-0.2, 0) is 11.2 Å². The van der Waals surface area contributed by atoms with Crippen molar-refractivity contribution in [3.63, 3.8) is 0 Å². The third kappa shape index (κ3) is 5.03. The fraction of sp³-hybridized carbons (Fsp3) is 0.269. The number of amides is 1. The highest BCUT2D eigenvalue weighted by Gasteiger charge is 2.42. The van der Waals surface area contributed by atoms with Gasteiger partial charge in [0.15, 0.2) is 11.5 Å².